The molecule has 100 valence electrons. The van der Waals surface area contributed by atoms with Gasteiger partial charge in [0.15, 0.2) is 0 Å². The molecule has 1 aromatic carbocycles. The van der Waals surface area contributed by atoms with E-state index in [2.05, 4.69) is 0 Å². The van der Waals surface area contributed by atoms with E-state index in [1.807, 2.05) is 0 Å². The summed E-state index contributed by atoms with van der Waals surface area (Å²) in [5.74, 6) is 0. The minimum absolute atomic E-state index is 0.0165. The Morgan fingerprint density at radius 2 is 1.95 bits per heavy atom. The third-order valence-electron chi connectivity index (χ3n) is 2.57. The summed E-state index contributed by atoms with van der Waals surface area (Å²) in [4.78, 5) is 11.6. The van der Waals surface area contributed by atoms with E-state index in [0.717, 1.165) is 17.4 Å². The number of rotatable bonds is 3. The molecule has 19 heavy (non-hydrogen) atoms. The smallest absolute Gasteiger partial charge is 0.391 e. The lowest BCUT2D eigenvalue weighted by Crippen LogP contribution is -2.07. The lowest BCUT2D eigenvalue weighted by atomic mass is 10.0. The summed E-state index contributed by atoms with van der Waals surface area (Å²) < 4.78 is 38.9. The molecular formula is C13H9F3O2S. The molecule has 2 aromatic rings. The zero-order valence-corrected chi connectivity index (χ0v) is 10.4. The Morgan fingerprint density at radius 3 is 2.47 bits per heavy atom. The third-order valence-corrected chi connectivity index (χ3v) is 3.67. The van der Waals surface area contributed by atoms with Gasteiger partial charge in [-0.25, -0.2) is 0 Å². The molecule has 0 atom stereocenters. The van der Waals surface area contributed by atoms with Gasteiger partial charge in [0.1, 0.15) is 6.29 Å². The Bertz CT molecular complexity index is 602. The molecule has 0 amide bonds. The van der Waals surface area contributed by atoms with Crippen LogP contribution in [0.2, 0.25) is 0 Å². The van der Waals surface area contributed by atoms with E-state index >= 15 is 0 Å². The van der Waals surface area contributed by atoms with Gasteiger partial charge in [-0.3, -0.25) is 4.79 Å². The van der Waals surface area contributed by atoms with Gasteiger partial charge in [0.25, 0.3) is 0 Å². The van der Waals surface area contributed by atoms with Gasteiger partial charge in [-0.05, 0) is 18.2 Å². The fourth-order valence-corrected chi connectivity index (χ4v) is 2.60. The van der Waals surface area contributed by atoms with Crippen molar-refractivity contribution in [1.82, 2.24) is 0 Å². The number of aliphatic hydroxyl groups is 1. The van der Waals surface area contributed by atoms with Crippen molar-refractivity contribution >= 4 is 17.6 Å². The van der Waals surface area contributed by atoms with Crippen molar-refractivity contribution in [2.75, 3.05) is 0 Å². The predicted molar refractivity (Wildman–Crippen MR) is 66.1 cm³/mol. The van der Waals surface area contributed by atoms with Crippen molar-refractivity contribution in [3.05, 3.63) is 46.3 Å². The number of aldehydes is 1. The molecule has 0 fully saturated rings. The van der Waals surface area contributed by atoms with Crippen LogP contribution < -0.4 is 0 Å². The fraction of sp³-hybridized carbons (Fsp3) is 0.154. The average molecular weight is 286 g/mol. The highest BCUT2D eigenvalue weighted by Crippen LogP contribution is 2.39. The Kier molecular flexibility index (Phi) is 3.73. The van der Waals surface area contributed by atoms with E-state index in [1.54, 1.807) is 6.07 Å². The van der Waals surface area contributed by atoms with Gasteiger partial charge in [-0.15, -0.1) is 11.3 Å². The van der Waals surface area contributed by atoms with Crippen LogP contribution in [-0.2, 0) is 12.8 Å². The molecule has 1 heterocycles. The summed E-state index contributed by atoms with van der Waals surface area (Å²) in [5.41, 5.74) is -0.846. The van der Waals surface area contributed by atoms with E-state index in [0.29, 0.717) is 16.0 Å². The van der Waals surface area contributed by atoms with Crippen LogP contribution in [0.15, 0.2) is 30.3 Å². The molecule has 0 aliphatic heterocycles. The molecule has 0 radical (unpaired) electrons. The van der Waals surface area contributed by atoms with Crippen molar-refractivity contribution in [2.45, 2.75) is 12.8 Å². The molecule has 6 heteroatoms. The number of halogens is 3. The largest absolute Gasteiger partial charge is 0.417 e. The number of carbonyl (C=O) groups excluding carboxylic acids is 1. The first-order valence-corrected chi connectivity index (χ1v) is 6.13. The van der Waals surface area contributed by atoms with E-state index in [4.69, 9.17) is 5.11 Å². The molecule has 0 spiro atoms. The summed E-state index contributed by atoms with van der Waals surface area (Å²) >= 11 is 1.09. The topological polar surface area (TPSA) is 37.3 Å². The van der Waals surface area contributed by atoms with Crippen LogP contribution >= 0.6 is 11.3 Å². The number of alkyl halides is 3. The summed E-state index contributed by atoms with van der Waals surface area (Å²) in [5, 5.41) is 8.95. The van der Waals surface area contributed by atoms with Gasteiger partial charge in [0.2, 0.25) is 0 Å². The van der Waals surface area contributed by atoms with Crippen LogP contribution in [0.4, 0.5) is 13.2 Å². The van der Waals surface area contributed by atoms with Crippen molar-refractivity contribution in [2.24, 2.45) is 0 Å². The van der Waals surface area contributed by atoms with Crippen LogP contribution in [-0.4, -0.2) is 11.4 Å². The second-order valence-corrected chi connectivity index (χ2v) is 5.01. The SMILES string of the molecule is O=Cc1ccc(-c2ccc(CO)s2)c(C(F)(F)F)c1. The summed E-state index contributed by atoms with van der Waals surface area (Å²) in [6.07, 6.45) is -4.15. The van der Waals surface area contributed by atoms with E-state index in [1.165, 1.54) is 18.2 Å². The lowest BCUT2D eigenvalue weighted by molar-refractivity contribution is -0.137. The average Bonchev–Trinajstić information content (AvgIpc) is 2.85. The van der Waals surface area contributed by atoms with E-state index in [9.17, 15) is 18.0 Å². The number of thiophene rings is 1. The van der Waals surface area contributed by atoms with Crippen LogP contribution in [0.1, 0.15) is 20.8 Å². The standard InChI is InChI=1S/C13H9F3O2S/c14-13(15,16)11-5-8(6-17)1-3-10(11)12-4-2-9(7-18)19-12/h1-6,18H,7H2. The maximum absolute atomic E-state index is 13.0. The van der Waals surface area contributed by atoms with E-state index < -0.39 is 11.7 Å². The molecule has 1 N–H and O–H groups in total. The first-order valence-electron chi connectivity index (χ1n) is 5.32. The van der Waals surface area contributed by atoms with Crippen LogP contribution in [0, 0.1) is 0 Å². The summed E-state index contributed by atoms with van der Waals surface area (Å²) in [6.45, 7) is -0.210. The highest BCUT2D eigenvalue weighted by Gasteiger charge is 2.34. The Labute approximate surface area is 111 Å². The molecule has 0 unspecified atom stereocenters. The molecular weight excluding hydrogens is 277 g/mol. The highest BCUT2D eigenvalue weighted by molar-refractivity contribution is 7.15. The van der Waals surface area contributed by atoms with Crippen molar-refractivity contribution in [1.29, 1.82) is 0 Å². The molecule has 0 aliphatic rings. The number of aliphatic hydroxyl groups excluding tert-OH is 1. The number of benzene rings is 1. The van der Waals surface area contributed by atoms with Crippen LogP contribution in [0.5, 0.6) is 0 Å². The molecule has 2 rings (SSSR count). The van der Waals surface area contributed by atoms with Gasteiger partial charge < -0.3 is 5.11 Å². The lowest BCUT2D eigenvalue weighted by Gasteiger charge is -2.12. The zero-order valence-electron chi connectivity index (χ0n) is 9.57. The normalized spacial score (nSPS) is 11.6. The number of hydrogen-bond acceptors (Lipinski definition) is 3. The maximum atomic E-state index is 13.0. The molecule has 2 nitrogen and oxygen atoms in total. The monoisotopic (exact) mass is 286 g/mol. The quantitative estimate of drug-likeness (QED) is 0.873. The van der Waals surface area contributed by atoms with Gasteiger partial charge in [0.05, 0.1) is 12.2 Å². The van der Waals surface area contributed by atoms with Gasteiger partial charge >= 0.3 is 6.18 Å². The minimum atomic E-state index is -4.53. The van der Waals surface area contributed by atoms with Crippen LogP contribution in [0.25, 0.3) is 10.4 Å². The van der Waals surface area contributed by atoms with Gasteiger partial charge in [-0.1, -0.05) is 12.1 Å². The number of carbonyl (C=O) groups is 1. The molecule has 1 aromatic heterocycles. The Balaban J connectivity index is 2.59. The zero-order chi connectivity index (χ0) is 14.0. The first-order chi connectivity index (χ1) is 8.95. The molecule has 0 aliphatic carbocycles. The van der Waals surface area contributed by atoms with Crippen molar-refractivity contribution in [3.8, 4) is 10.4 Å². The molecule has 0 saturated carbocycles. The third kappa shape index (κ3) is 2.85. The highest BCUT2D eigenvalue weighted by atomic mass is 32.1. The maximum Gasteiger partial charge on any atom is 0.417 e. The van der Waals surface area contributed by atoms with Crippen molar-refractivity contribution < 1.29 is 23.1 Å². The summed E-state index contributed by atoms with van der Waals surface area (Å²) in [6, 6.07) is 6.56. The number of hydrogen-bond donors (Lipinski definition) is 1. The summed E-state index contributed by atoms with van der Waals surface area (Å²) in [7, 11) is 0. The fourth-order valence-electron chi connectivity index (χ4n) is 1.69. The second-order valence-electron chi connectivity index (χ2n) is 3.84. The minimum Gasteiger partial charge on any atom is -0.391 e. The Hall–Kier alpha value is -1.66. The van der Waals surface area contributed by atoms with Crippen molar-refractivity contribution in [3.63, 3.8) is 0 Å². The molecule has 0 bridgehead atoms. The van der Waals surface area contributed by atoms with Gasteiger partial charge in [-0.2, -0.15) is 13.2 Å². The molecule has 0 saturated heterocycles. The van der Waals surface area contributed by atoms with Gasteiger partial charge in [0, 0.05) is 20.9 Å². The van der Waals surface area contributed by atoms with E-state index in [-0.39, 0.29) is 17.7 Å². The van der Waals surface area contributed by atoms with Crippen LogP contribution in [0.3, 0.4) is 0 Å². The second kappa shape index (κ2) is 5.14. The predicted octanol–water partition coefficient (Wildman–Crippen LogP) is 3.74. The first kappa shape index (κ1) is 13.8. The Morgan fingerprint density at radius 1 is 1.21 bits per heavy atom.